The monoisotopic (exact) mass is 254 g/mol. The Kier molecular flexibility index (Phi) is 3.79. The number of hydrogen-bond donors (Lipinski definition) is 1. The van der Waals surface area contributed by atoms with E-state index >= 15 is 0 Å². The Morgan fingerprint density at radius 2 is 2.24 bits per heavy atom. The number of nitrogen functional groups attached to an aromatic ring is 1. The van der Waals surface area contributed by atoms with Crippen molar-refractivity contribution in [1.29, 1.82) is 0 Å². The Labute approximate surface area is 107 Å². The lowest BCUT2D eigenvalue weighted by molar-refractivity contribution is 0.0792. The fourth-order valence-electron chi connectivity index (χ4n) is 2.15. The van der Waals surface area contributed by atoms with Crippen LogP contribution in [0, 0.1) is 0 Å². The van der Waals surface area contributed by atoms with Crippen LogP contribution < -0.4 is 10.5 Å². The number of anilines is 1. The number of hydrogen-bond acceptors (Lipinski definition) is 3. The maximum absolute atomic E-state index is 6.10. The summed E-state index contributed by atoms with van der Waals surface area (Å²) in [5, 5.41) is 0.594. The van der Waals surface area contributed by atoms with Gasteiger partial charge in [0.15, 0.2) is 0 Å². The highest BCUT2D eigenvalue weighted by atomic mass is 35.5. The lowest BCUT2D eigenvalue weighted by Gasteiger charge is -2.35. The fraction of sp³-hybridized carbons (Fsp3) is 0.538. The van der Waals surface area contributed by atoms with Gasteiger partial charge in [0.2, 0.25) is 0 Å². The lowest BCUT2D eigenvalue weighted by Crippen LogP contribution is -2.41. The van der Waals surface area contributed by atoms with E-state index < -0.39 is 0 Å². The lowest BCUT2D eigenvalue weighted by atomic mass is 10.0. The molecular formula is C13H19ClN2O. The fourth-order valence-corrected chi connectivity index (χ4v) is 2.38. The summed E-state index contributed by atoms with van der Waals surface area (Å²) in [7, 11) is 2.15. The second kappa shape index (κ2) is 5.15. The SMILES string of the molecule is CC1CC(Oc2ccc(N)cc2Cl)CCN1C. The average molecular weight is 255 g/mol. The number of likely N-dealkylation sites (tertiary alicyclic amines) is 1. The Morgan fingerprint density at radius 3 is 2.88 bits per heavy atom. The van der Waals surface area contributed by atoms with Gasteiger partial charge in [-0.15, -0.1) is 0 Å². The third-order valence-corrected chi connectivity index (χ3v) is 3.71. The second-order valence-electron chi connectivity index (χ2n) is 4.78. The van der Waals surface area contributed by atoms with Gasteiger partial charge in [-0.2, -0.15) is 0 Å². The first-order valence-corrected chi connectivity index (χ1v) is 6.36. The number of ether oxygens (including phenoxy) is 1. The van der Waals surface area contributed by atoms with Crippen molar-refractivity contribution in [3.05, 3.63) is 23.2 Å². The summed E-state index contributed by atoms with van der Waals surface area (Å²) in [6, 6.07) is 5.96. The summed E-state index contributed by atoms with van der Waals surface area (Å²) in [4.78, 5) is 2.35. The van der Waals surface area contributed by atoms with E-state index in [1.807, 2.05) is 12.1 Å². The number of piperidine rings is 1. The Morgan fingerprint density at radius 1 is 1.47 bits per heavy atom. The maximum atomic E-state index is 6.10. The molecule has 1 aromatic rings. The van der Waals surface area contributed by atoms with E-state index in [4.69, 9.17) is 22.1 Å². The van der Waals surface area contributed by atoms with Crippen LogP contribution >= 0.6 is 11.6 Å². The third kappa shape index (κ3) is 3.05. The van der Waals surface area contributed by atoms with Crippen molar-refractivity contribution >= 4 is 17.3 Å². The van der Waals surface area contributed by atoms with Crippen LogP contribution in [0.1, 0.15) is 19.8 Å². The van der Waals surface area contributed by atoms with Crippen molar-refractivity contribution in [3.8, 4) is 5.75 Å². The molecule has 2 atom stereocenters. The Balaban J connectivity index is 2.01. The Hall–Kier alpha value is -0.930. The summed E-state index contributed by atoms with van der Waals surface area (Å²) in [5.41, 5.74) is 6.32. The minimum atomic E-state index is 0.252. The van der Waals surface area contributed by atoms with Gasteiger partial charge in [0.25, 0.3) is 0 Å². The molecule has 17 heavy (non-hydrogen) atoms. The minimum absolute atomic E-state index is 0.252. The Bertz CT molecular complexity index is 397. The summed E-state index contributed by atoms with van der Waals surface area (Å²) >= 11 is 6.10. The van der Waals surface area contributed by atoms with Gasteiger partial charge >= 0.3 is 0 Å². The van der Waals surface area contributed by atoms with Crippen LogP contribution in [-0.2, 0) is 0 Å². The predicted molar refractivity (Wildman–Crippen MR) is 71.6 cm³/mol. The van der Waals surface area contributed by atoms with Crippen LogP contribution in [0.15, 0.2) is 18.2 Å². The van der Waals surface area contributed by atoms with Crippen molar-refractivity contribution in [1.82, 2.24) is 4.90 Å². The molecule has 0 aliphatic carbocycles. The number of nitrogens with zero attached hydrogens (tertiary/aromatic N) is 1. The first-order valence-electron chi connectivity index (χ1n) is 5.98. The molecule has 0 aromatic heterocycles. The van der Waals surface area contributed by atoms with Crippen LogP contribution in [-0.4, -0.2) is 30.6 Å². The zero-order valence-electron chi connectivity index (χ0n) is 10.3. The topological polar surface area (TPSA) is 38.5 Å². The standard InChI is InChI=1S/C13H19ClN2O/c1-9-7-11(5-6-16(9)2)17-13-4-3-10(15)8-12(13)14/h3-4,8-9,11H,5-7,15H2,1-2H3. The van der Waals surface area contributed by atoms with Crippen molar-refractivity contribution < 1.29 is 4.74 Å². The van der Waals surface area contributed by atoms with E-state index in [2.05, 4.69) is 18.9 Å². The zero-order valence-corrected chi connectivity index (χ0v) is 11.1. The van der Waals surface area contributed by atoms with Gasteiger partial charge < -0.3 is 15.4 Å². The summed E-state index contributed by atoms with van der Waals surface area (Å²) in [6.07, 6.45) is 2.33. The normalized spacial score (nSPS) is 25.8. The van der Waals surface area contributed by atoms with Crippen molar-refractivity contribution in [2.45, 2.75) is 31.9 Å². The average Bonchev–Trinajstić information content (AvgIpc) is 2.27. The quantitative estimate of drug-likeness (QED) is 0.825. The van der Waals surface area contributed by atoms with Gasteiger partial charge in [0.05, 0.1) is 5.02 Å². The molecule has 2 N–H and O–H groups in total. The highest BCUT2D eigenvalue weighted by Gasteiger charge is 2.24. The van der Waals surface area contributed by atoms with Gasteiger partial charge in [0.1, 0.15) is 11.9 Å². The molecule has 2 rings (SSSR count). The molecule has 4 heteroatoms. The first-order chi connectivity index (χ1) is 8.06. The molecule has 1 aliphatic rings. The summed E-state index contributed by atoms with van der Waals surface area (Å²) in [5.74, 6) is 0.739. The van der Waals surface area contributed by atoms with E-state index in [1.165, 1.54) is 0 Å². The van der Waals surface area contributed by atoms with E-state index in [9.17, 15) is 0 Å². The molecule has 3 nitrogen and oxygen atoms in total. The summed E-state index contributed by atoms with van der Waals surface area (Å²) in [6.45, 7) is 3.29. The first kappa shape index (κ1) is 12.5. The van der Waals surface area contributed by atoms with Crippen LogP contribution in [0.2, 0.25) is 5.02 Å². The molecule has 0 saturated carbocycles. The zero-order chi connectivity index (χ0) is 12.4. The third-order valence-electron chi connectivity index (χ3n) is 3.41. The van der Waals surface area contributed by atoms with Crippen molar-refractivity contribution in [2.24, 2.45) is 0 Å². The van der Waals surface area contributed by atoms with Crippen molar-refractivity contribution in [2.75, 3.05) is 19.3 Å². The second-order valence-corrected chi connectivity index (χ2v) is 5.19. The highest BCUT2D eigenvalue weighted by molar-refractivity contribution is 6.32. The molecule has 0 bridgehead atoms. The van der Waals surface area contributed by atoms with E-state index in [-0.39, 0.29) is 6.10 Å². The molecule has 1 aliphatic heterocycles. The van der Waals surface area contributed by atoms with Crippen molar-refractivity contribution in [3.63, 3.8) is 0 Å². The molecule has 0 amide bonds. The number of nitrogens with two attached hydrogens (primary N) is 1. The maximum Gasteiger partial charge on any atom is 0.138 e. The number of rotatable bonds is 2. The van der Waals surface area contributed by atoms with E-state index in [1.54, 1.807) is 6.07 Å². The van der Waals surface area contributed by atoms with Gasteiger partial charge in [0, 0.05) is 18.3 Å². The van der Waals surface area contributed by atoms with E-state index in [0.717, 1.165) is 25.1 Å². The van der Waals surface area contributed by atoms with Gasteiger partial charge in [-0.1, -0.05) is 11.6 Å². The van der Waals surface area contributed by atoms with Crippen LogP contribution in [0.4, 0.5) is 5.69 Å². The largest absolute Gasteiger partial charge is 0.489 e. The molecule has 2 unspecified atom stereocenters. The van der Waals surface area contributed by atoms with Gasteiger partial charge in [-0.05, 0) is 45.0 Å². The molecule has 0 radical (unpaired) electrons. The smallest absolute Gasteiger partial charge is 0.138 e. The molecule has 1 heterocycles. The minimum Gasteiger partial charge on any atom is -0.489 e. The highest BCUT2D eigenvalue weighted by Crippen LogP contribution is 2.29. The summed E-state index contributed by atoms with van der Waals surface area (Å²) < 4.78 is 5.95. The molecule has 0 spiro atoms. The molecule has 1 aromatic carbocycles. The predicted octanol–water partition coefficient (Wildman–Crippen LogP) is 2.78. The van der Waals surface area contributed by atoms with Crippen LogP contribution in [0.3, 0.4) is 0 Å². The van der Waals surface area contributed by atoms with Gasteiger partial charge in [-0.3, -0.25) is 0 Å². The van der Waals surface area contributed by atoms with Gasteiger partial charge in [-0.25, -0.2) is 0 Å². The van der Waals surface area contributed by atoms with Crippen LogP contribution in [0.25, 0.3) is 0 Å². The molecular weight excluding hydrogens is 236 g/mol. The number of benzene rings is 1. The van der Waals surface area contributed by atoms with E-state index in [0.29, 0.717) is 16.8 Å². The van der Waals surface area contributed by atoms with Crippen LogP contribution in [0.5, 0.6) is 5.75 Å². The molecule has 1 saturated heterocycles. The number of halogens is 1. The molecule has 94 valence electrons. The molecule has 1 fully saturated rings.